The molecule has 106 valence electrons. The molecule has 0 radical (unpaired) electrons. The predicted octanol–water partition coefficient (Wildman–Crippen LogP) is 2.32. The van der Waals surface area contributed by atoms with Crippen molar-refractivity contribution in [3.8, 4) is 11.6 Å². The maximum absolute atomic E-state index is 5.96. The lowest BCUT2D eigenvalue weighted by Crippen LogP contribution is -2.19. The molecule has 1 aromatic carbocycles. The van der Waals surface area contributed by atoms with Crippen LogP contribution in [-0.2, 0) is 6.54 Å². The minimum absolute atomic E-state index is 0.552. The fourth-order valence-corrected chi connectivity index (χ4v) is 1.94. The molecule has 0 bridgehead atoms. The van der Waals surface area contributed by atoms with Gasteiger partial charge in [0.25, 0.3) is 0 Å². The minimum atomic E-state index is 0.552. The maximum atomic E-state index is 5.96. The van der Waals surface area contributed by atoms with Crippen molar-refractivity contribution in [3.63, 3.8) is 0 Å². The highest BCUT2D eigenvalue weighted by Gasteiger charge is 2.09. The monoisotopic (exact) mass is 273 g/mol. The summed E-state index contributed by atoms with van der Waals surface area (Å²) in [4.78, 5) is 6.36. The second-order valence-corrected chi connectivity index (χ2v) is 4.47. The lowest BCUT2D eigenvalue weighted by atomic mass is 10.2. The van der Waals surface area contributed by atoms with Gasteiger partial charge in [0.2, 0.25) is 5.88 Å². The Morgan fingerprint density at radius 1 is 1.05 bits per heavy atom. The number of rotatable bonds is 5. The van der Waals surface area contributed by atoms with Gasteiger partial charge in [0.1, 0.15) is 5.75 Å². The van der Waals surface area contributed by atoms with Crippen LogP contribution in [0, 0.1) is 0 Å². The molecule has 5 heteroatoms. The molecule has 0 unspecified atom stereocenters. The highest BCUT2D eigenvalue weighted by atomic mass is 16.5. The van der Waals surface area contributed by atoms with Gasteiger partial charge in [0.15, 0.2) is 5.82 Å². The Morgan fingerprint density at radius 3 is 2.35 bits per heavy atom. The molecular formula is C15H19N3O2. The van der Waals surface area contributed by atoms with E-state index in [1.807, 2.05) is 36.2 Å². The van der Waals surface area contributed by atoms with E-state index in [1.54, 1.807) is 26.4 Å². The van der Waals surface area contributed by atoms with Crippen LogP contribution in [0.3, 0.4) is 0 Å². The zero-order chi connectivity index (χ0) is 14.5. The standard InChI is InChI=1S/C15H19N3O2/c1-18(10-11-4-6-12(19-2)7-5-11)15-13(16)8-9-14(17-15)20-3/h4-9H,10,16H2,1-3H3. The molecule has 0 fully saturated rings. The number of ether oxygens (including phenoxy) is 2. The summed E-state index contributed by atoms with van der Waals surface area (Å²) in [6.45, 7) is 0.703. The fourth-order valence-electron chi connectivity index (χ4n) is 1.94. The second-order valence-electron chi connectivity index (χ2n) is 4.47. The van der Waals surface area contributed by atoms with E-state index < -0.39 is 0 Å². The fraction of sp³-hybridized carbons (Fsp3) is 0.267. The number of hydrogen-bond donors (Lipinski definition) is 1. The van der Waals surface area contributed by atoms with Gasteiger partial charge in [-0.05, 0) is 23.8 Å². The number of nitrogens with two attached hydrogens (primary N) is 1. The van der Waals surface area contributed by atoms with Crippen molar-refractivity contribution in [1.82, 2.24) is 4.98 Å². The largest absolute Gasteiger partial charge is 0.497 e. The van der Waals surface area contributed by atoms with Crippen molar-refractivity contribution in [2.45, 2.75) is 6.54 Å². The van der Waals surface area contributed by atoms with E-state index in [2.05, 4.69) is 4.98 Å². The van der Waals surface area contributed by atoms with Crippen molar-refractivity contribution in [2.24, 2.45) is 0 Å². The van der Waals surface area contributed by atoms with Crippen molar-refractivity contribution in [1.29, 1.82) is 0 Å². The van der Waals surface area contributed by atoms with Gasteiger partial charge >= 0.3 is 0 Å². The number of anilines is 2. The molecule has 0 aliphatic heterocycles. The average Bonchev–Trinajstić information content (AvgIpc) is 2.48. The third kappa shape index (κ3) is 3.12. The molecule has 0 saturated carbocycles. The number of methoxy groups -OCH3 is 2. The SMILES string of the molecule is COc1ccc(CN(C)c2nc(OC)ccc2N)cc1. The Labute approximate surface area is 118 Å². The topological polar surface area (TPSA) is 60.6 Å². The molecule has 2 aromatic rings. The third-order valence-corrected chi connectivity index (χ3v) is 3.03. The van der Waals surface area contributed by atoms with Crippen molar-refractivity contribution in [3.05, 3.63) is 42.0 Å². The van der Waals surface area contributed by atoms with E-state index in [9.17, 15) is 0 Å². The summed E-state index contributed by atoms with van der Waals surface area (Å²) < 4.78 is 10.3. The highest BCUT2D eigenvalue weighted by molar-refractivity contribution is 5.63. The van der Waals surface area contributed by atoms with E-state index in [4.69, 9.17) is 15.2 Å². The van der Waals surface area contributed by atoms with E-state index in [1.165, 1.54) is 0 Å². The number of nitrogens with zero attached hydrogens (tertiary/aromatic N) is 2. The van der Waals surface area contributed by atoms with Crippen molar-refractivity contribution >= 4 is 11.5 Å². The summed E-state index contributed by atoms with van der Waals surface area (Å²) in [7, 11) is 5.19. The molecule has 20 heavy (non-hydrogen) atoms. The van der Waals surface area contributed by atoms with Gasteiger partial charge < -0.3 is 20.1 Å². The highest BCUT2D eigenvalue weighted by Crippen LogP contribution is 2.24. The van der Waals surface area contributed by atoms with Crippen LogP contribution in [0.25, 0.3) is 0 Å². The summed E-state index contributed by atoms with van der Waals surface area (Å²) in [5.41, 5.74) is 7.74. The Kier molecular flexibility index (Phi) is 4.30. The van der Waals surface area contributed by atoms with Crippen molar-refractivity contribution < 1.29 is 9.47 Å². The van der Waals surface area contributed by atoms with E-state index >= 15 is 0 Å². The van der Waals surface area contributed by atoms with E-state index in [-0.39, 0.29) is 0 Å². The average molecular weight is 273 g/mol. The number of benzene rings is 1. The van der Waals surface area contributed by atoms with Gasteiger partial charge in [0.05, 0.1) is 19.9 Å². The quantitative estimate of drug-likeness (QED) is 0.906. The summed E-state index contributed by atoms with van der Waals surface area (Å²) in [5.74, 6) is 2.10. The number of aromatic nitrogens is 1. The van der Waals surface area contributed by atoms with Crippen LogP contribution in [0.15, 0.2) is 36.4 Å². The normalized spacial score (nSPS) is 10.2. The van der Waals surface area contributed by atoms with Crippen molar-refractivity contribution in [2.75, 3.05) is 31.9 Å². The molecular weight excluding hydrogens is 254 g/mol. The molecule has 2 rings (SSSR count). The lowest BCUT2D eigenvalue weighted by Gasteiger charge is -2.20. The van der Waals surface area contributed by atoms with E-state index in [0.717, 1.165) is 11.3 Å². The summed E-state index contributed by atoms with van der Waals surface area (Å²) >= 11 is 0. The third-order valence-electron chi connectivity index (χ3n) is 3.03. The molecule has 2 N–H and O–H groups in total. The minimum Gasteiger partial charge on any atom is -0.497 e. The first-order valence-electron chi connectivity index (χ1n) is 6.28. The van der Waals surface area contributed by atoms with Gasteiger partial charge in [-0.1, -0.05) is 12.1 Å². The smallest absolute Gasteiger partial charge is 0.215 e. The van der Waals surface area contributed by atoms with Crippen LogP contribution < -0.4 is 20.1 Å². The molecule has 1 heterocycles. The molecule has 0 aliphatic rings. The molecule has 0 atom stereocenters. The van der Waals surface area contributed by atoms with Crippen LogP contribution >= 0.6 is 0 Å². The van der Waals surface area contributed by atoms with Gasteiger partial charge in [-0.3, -0.25) is 0 Å². The first-order chi connectivity index (χ1) is 9.63. The molecule has 0 amide bonds. The number of hydrogen-bond acceptors (Lipinski definition) is 5. The molecule has 1 aromatic heterocycles. The summed E-state index contributed by atoms with van der Waals surface area (Å²) in [5, 5.41) is 0. The van der Waals surface area contributed by atoms with Crippen LogP contribution in [0.2, 0.25) is 0 Å². The first-order valence-corrected chi connectivity index (χ1v) is 6.28. The van der Waals surface area contributed by atoms with Crippen LogP contribution in [0.1, 0.15) is 5.56 Å². The predicted molar refractivity (Wildman–Crippen MR) is 80.3 cm³/mol. The Hall–Kier alpha value is -2.43. The van der Waals surface area contributed by atoms with Gasteiger partial charge in [-0.25, -0.2) is 0 Å². The summed E-state index contributed by atoms with van der Waals surface area (Å²) in [6, 6.07) is 11.5. The number of nitrogen functional groups attached to an aromatic ring is 1. The van der Waals surface area contributed by atoms with Crippen LogP contribution in [-0.4, -0.2) is 26.3 Å². The van der Waals surface area contributed by atoms with Gasteiger partial charge in [0, 0.05) is 19.7 Å². The summed E-state index contributed by atoms with van der Waals surface area (Å²) in [6.07, 6.45) is 0. The Bertz CT molecular complexity index is 570. The van der Waals surface area contributed by atoms with E-state index in [0.29, 0.717) is 23.9 Å². The zero-order valence-corrected chi connectivity index (χ0v) is 12.0. The Balaban J connectivity index is 2.16. The van der Waals surface area contributed by atoms with Gasteiger partial charge in [-0.15, -0.1) is 0 Å². The van der Waals surface area contributed by atoms with Crippen LogP contribution in [0.4, 0.5) is 11.5 Å². The lowest BCUT2D eigenvalue weighted by molar-refractivity contribution is 0.398. The maximum Gasteiger partial charge on any atom is 0.215 e. The molecule has 0 saturated heterocycles. The van der Waals surface area contributed by atoms with Gasteiger partial charge in [-0.2, -0.15) is 4.98 Å². The molecule has 5 nitrogen and oxygen atoms in total. The zero-order valence-electron chi connectivity index (χ0n) is 12.0. The first kappa shape index (κ1) is 14.0. The molecule has 0 spiro atoms. The second kappa shape index (κ2) is 6.14. The number of pyridine rings is 1. The Morgan fingerprint density at radius 2 is 1.75 bits per heavy atom. The molecule has 0 aliphatic carbocycles. The van der Waals surface area contributed by atoms with Crippen LogP contribution in [0.5, 0.6) is 11.6 Å².